The molecule has 2 aromatic rings. The SMILES string of the molecule is Cc1cccc(C)c1C(O)c1ccc2c(c1)C(C)(C)CO2. The number of hydrogen-bond donors (Lipinski definition) is 1. The summed E-state index contributed by atoms with van der Waals surface area (Å²) in [6.45, 7) is 9.14. The van der Waals surface area contributed by atoms with E-state index in [1.54, 1.807) is 0 Å². The van der Waals surface area contributed by atoms with Crippen molar-refractivity contribution < 1.29 is 9.84 Å². The van der Waals surface area contributed by atoms with Crippen LogP contribution in [0.2, 0.25) is 0 Å². The summed E-state index contributed by atoms with van der Waals surface area (Å²) in [5.41, 5.74) is 5.38. The van der Waals surface area contributed by atoms with Gasteiger partial charge >= 0.3 is 0 Å². The highest BCUT2D eigenvalue weighted by Gasteiger charge is 2.32. The van der Waals surface area contributed by atoms with E-state index in [1.165, 1.54) is 5.56 Å². The molecular weight excluding hydrogens is 260 g/mol. The van der Waals surface area contributed by atoms with Crippen LogP contribution in [0.25, 0.3) is 0 Å². The van der Waals surface area contributed by atoms with E-state index in [9.17, 15) is 5.11 Å². The molecule has 1 heterocycles. The number of ether oxygens (including phenoxy) is 1. The molecule has 0 aromatic heterocycles. The molecule has 2 nitrogen and oxygen atoms in total. The Morgan fingerprint density at radius 2 is 1.76 bits per heavy atom. The van der Waals surface area contributed by atoms with E-state index in [0.717, 1.165) is 28.0 Å². The van der Waals surface area contributed by atoms with Crippen LogP contribution in [0.15, 0.2) is 36.4 Å². The summed E-state index contributed by atoms with van der Waals surface area (Å²) < 4.78 is 5.72. The Morgan fingerprint density at radius 1 is 1.10 bits per heavy atom. The molecule has 1 aliphatic heterocycles. The third-order valence-corrected chi connectivity index (χ3v) is 4.45. The van der Waals surface area contributed by atoms with Crippen molar-refractivity contribution in [3.63, 3.8) is 0 Å². The first-order valence-corrected chi connectivity index (χ1v) is 7.41. The minimum atomic E-state index is -0.590. The third kappa shape index (κ3) is 2.34. The minimum Gasteiger partial charge on any atom is -0.492 e. The Bertz CT molecular complexity index is 666. The van der Waals surface area contributed by atoms with Crippen LogP contribution in [0.3, 0.4) is 0 Å². The van der Waals surface area contributed by atoms with Crippen molar-refractivity contribution in [2.24, 2.45) is 0 Å². The van der Waals surface area contributed by atoms with Crippen molar-refractivity contribution in [1.82, 2.24) is 0 Å². The number of benzene rings is 2. The van der Waals surface area contributed by atoms with Gasteiger partial charge in [0.15, 0.2) is 0 Å². The molecule has 110 valence electrons. The maximum Gasteiger partial charge on any atom is 0.123 e. The topological polar surface area (TPSA) is 29.5 Å². The molecule has 2 heteroatoms. The fraction of sp³-hybridized carbons (Fsp3) is 0.368. The smallest absolute Gasteiger partial charge is 0.123 e. The molecule has 2 aromatic carbocycles. The van der Waals surface area contributed by atoms with Gasteiger partial charge in [-0.15, -0.1) is 0 Å². The molecule has 21 heavy (non-hydrogen) atoms. The third-order valence-electron chi connectivity index (χ3n) is 4.45. The van der Waals surface area contributed by atoms with E-state index in [-0.39, 0.29) is 5.41 Å². The van der Waals surface area contributed by atoms with Crippen LogP contribution in [-0.2, 0) is 5.41 Å². The van der Waals surface area contributed by atoms with Crippen LogP contribution in [0.1, 0.15) is 47.8 Å². The quantitative estimate of drug-likeness (QED) is 0.900. The largest absolute Gasteiger partial charge is 0.492 e. The molecule has 0 saturated carbocycles. The van der Waals surface area contributed by atoms with Gasteiger partial charge in [0.2, 0.25) is 0 Å². The van der Waals surface area contributed by atoms with Crippen LogP contribution < -0.4 is 4.74 Å². The Morgan fingerprint density at radius 3 is 2.43 bits per heavy atom. The van der Waals surface area contributed by atoms with E-state index in [0.29, 0.717) is 6.61 Å². The van der Waals surface area contributed by atoms with Gasteiger partial charge in [-0.2, -0.15) is 0 Å². The lowest BCUT2D eigenvalue weighted by molar-refractivity contribution is 0.218. The maximum absolute atomic E-state index is 10.8. The highest BCUT2D eigenvalue weighted by molar-refractivity contribution is 5.48. The zero-order valence-electron chi connectivity index (χ0n) is 13.1. The predicted octanol–water partition coefficient (Wildman–Crippen LogP) is 4.06. The maximum atomic E-state index is 10.8. The number of hydrogen-bond acceptors (Lipinski definition) is 2. The molecule has 0 radical (unpaired) electrons. The predicted molar refractivity (Wildman–Crippen MR) is 84.9 cm³/mol. The lowest BCUT2D eigenvalue weighted by Gasteiger charge is -2.20. The van der Waals surface area contributed by atoms with Gasteiger partial charge in [-0.05, 0) is 48.2 Å². The highest BCUT2D eigenvalue weighted by Crippen LogP contribution is 2.40. The fourth-order valence-corrected chi connectivity index (χ4v) is 3.13. The first-order valence-electron chi connectivity index (χ1n) is 7.41. The molecule has 0 spiro atoms. The van der Waals surface area contributed by atoms with Gasteiger partial charge in [0.25, 0.3) is 0 Å². The number of rotatable bonds is 2. The highest BCUT2D eigenvalue weighted by atomic mass is 16.5. The second-order valence-electron chi connectivity index (χ2n) is 6.64. The molecule has 1 atom stereocenters. The molecule has 0 saturated heterocycles. The Labute approximate surface area is 126 Å². The number of aliphatic hydroxyl groups is 1. The van der Waals surface area contributed by atoms with E-state index in [2.05, 4.69) is 19.9 Å². The second-order valence-corrected chi connectivity index (χ2v) is 6.64. The second kappa shape index (κ2) is 4.88. The Kier molecular flexibility index (Phi) is 3.29. The first kappa shape index (κ1) is 14.2. The van der Waals surface area contributed by atoms with Crippen molar-refractivity contribution >= 4 is 0 Å². The summed E-state index contributed by atoms with van der Waals surface area (Å²) in [4.78, 5) is 0. The van der Waals surface area contributed by atoms with E-state index >= 15 is 0 Å². The zero-order valence-corrected chi connectivity index (χ0v) is 13.1. The summed E-state index contributed by atoms with van der Waals surface area (Å²) in [7, 11) is 0. The number of aryl methyl sites for hydroxylation is 2. The van der Waals surface area contributed by atoms with Crippen LogP contribution in [0.4, 0.5) is 0 Å². The van der Waals surface area contributed by atoms with Crippen molar-refractivity contribution in [2.45, 2.75) is 39.2 Å². The molecule has 3 rings (SSSR count). The average molecular weight is 282 g/mol. The van der Waals surface area contributed by atoms with Gasteiger partial charge < -0.3 is 9.84 Å². The van der Waals surface area contributed by atoms with E-state index in [4.69, 9.17) is 4.74 Å². The number of aliphatic hydroxyl groups excluding tert-OH is 1. The molecule has 0 bridgehead atoms. The van der Waals surface area contributed by atoms with Crippen LogP contribution in [-0.4, -0.2) is 11.7 Å². The van der Waals surface area contributed by atoms with Gasteiger partial charge in [-0.3, -0.25) is 0 Å². The van der Waals surface area contributed by atoms with Gasteiger partial charge in [0.1, 0.15) is 11.9 Å². The molecule has 1 N–H and O–H groups in total. The number of fused-ring (bicyclic) bond motifs is 1. The van der Waals surface area contributed by atoms with Crippen molar-refractivity contribution in [3.8, 4) is 5.75 Å². The van der Waals surface area contributed by atoms with Crippen LogP contribution in [0, 0.1) is 13.8 Å². The molecule has 0 aliphatic carbocycles. The van der Waals surface area contributed by atoms with Gasteiger partial charge in [0, 0.05) is 11.0 Å². The summed E-state index contributed by atoms with van der Waals surface area (Å²) in [5, 5.41) is 10.8. The minimum absolute atomic E-state index is 0.00579. The van der Waals surface area contributed by atoms with Crippen molar-refractivity contribution in [3.05, 3.63) is 64.2 Å². The Balaban J connectivity index is 2.06. The van der Waals surface area contributed by atoms with Crippen LogP contribution in [0.5, 0.6) is 5.75 Å². The Hall–Kier alpha value is -1.80. The zero-order chi connectivity index (χ0) is 15.2. The van der Waals surface area contributed by atoms with Gasteiger partial charge in [-0.1, -0.05) is 38.1 Å². The standard InChI is InChI=1S/C19H22O2/c1-12-6-5-7-13(2)17(12)18(20)14-8-9-16-15(10-14)19(3,4)11-21-16/h5-10,18,20H,11H2,1-4H3. The summed E-state index contributed by atoms with van der Waals surface area (Å²) in [6, 6.07) is 12.2. The van der Waals surface area contributed by atoms with Crippen LogP contribution >= 0.6 is 0 Å². The van der Waals surface area contributed by atoms with Crippen molar-refractivity contribution in [1.29, 1.82) is 0 Å². The monoisotopic (exact) mass is 282 g/mol. The summed E-state index contributed by atoms with van der Waals surface area (Å²) in [5.74, 6) is 0.942. The lowest BCUT2D eigenvalue weighted by Crippen LogP contribution is -2.18. The summed E-state index contributed by atoms with van der Waals surface area (Å²) in [6.07, 6.45) is -0.590. The van der Waals surface area contributed by atoms with E-state index in [1.807, 2.05) is 44.2 Å². The van der Waals surface area contributed by atoms with Gasteiger partial charge in [-0.25, -0.2) is 0 Å². The summed E-state index contributed by atoms with van der Waals surface area (Å²) >= 11 is 0. The average Bonchev–Trinajstić information content (AvgIpc) is 2.74. The first-order chi connectivity index (χ1) is 9.90. The molecular formula is C19H22O2. The molecule has 1 aliphatic rings. The van der Waals surface area contributed by atoms with E-state index < -0.39 is 6.10 Å². The van der Waals surface area contributed by atoms with Gasteiger partial charge in [0.05, 0.1) is 6.61 Å². The molecule has 0 fully saturated rings. The van der Waals surface area contributed by atoms with Crippen molar-refractivity contribution in [2.75, 3.05) is 6.61 Å². The fourth-order valence-electron chi connectivity index (χ4n) is 3.13. The molecule has 1 unspecified atom stereocenters. The molecule has 0 amide bonds. The lowest BCUT2D eigenvalue weighted by atomic mass is 9.84. The normalized spacial score (nSPS) is 17.2.